The fourth-order valence-corrected chi connectivity index (χ4v) is 4.55. The van der Waals surface area contributed by atoms with Gasteiger partial charge >= 0.3 is 19.8 Å². The maximum Gasteiger partial charge on any atom is 0.524 e. The van der Waals surface area contributed by atoms with Gasteiger partial charge in [-0.05, 0) is 37.0 Å². The Bertz CT molecular complexity index is 1200. The van der Waals surface area contributed by atoms with Crippen molar-refractivity contribution >= 4 is 43.4 Å². The molecule has 1 aliphatic rings. The number of amides is 4. The van der Waals surface area contributed by atoms with Gasteiger partial charge < -0.3 is 41.7 Å². The van der Waals surface area contributed by atoms with E-state index in [1.807, 2.05) is 0 Å². The van der Waals surface area contributed by atoms with Crippen LogP contribution in [0.2, 0.25) is 0 Å². The molecule has 4 atom stereocenters. The van der Waals surface area contributed by atoms with Crippen molar-refractivity contribution in [3.63, 3.8) is 0 Å². The van der Waals surface area contributed by atoms with E-state index in [1.54, 1.807) is 0 Å². The average molecular weight is 602 g/mol. The molecule has 0 unspecified atom stereocenters. The third kappa shape index (κ3) is 10.8. The van der Waals surface area contributed by atoms with E-state index in [-0.39, 0.29) is 25.1 Å². The number of aliphatic carboxylic acids is 2. The molecule has 4 amide bonds. The Morgan fingerprint density at radius 2 is 1.68 bits per heavy atom. The van der Waals surface area contributed by atoms with E-state index >= 15 is 0 Å². The predicted molar refractivity (Wildman–Crippen MR) is 138 cm³/mol. The topological polar surface area (TPSA) is 289 Å². The van der Waals surface area contributed by atoms with E-state index in [4.69, 9.17) is 26.4 Å². The molecule has 17 nitrogen and oxygen atoms in total. The van der Waals surface area contributed by atoms with Crippen LogP contribution in [0.4, 0.5) is 0 Å². The molecule has 1 aromatic carbocycles. The van der Waals surface area contributed by atoms with Crippen molar-refractivity contribution in [3.05, 3.63) is 29.8 Å². The summed E-state index contributed by atoms with van der Waals surface area (Å²) in [6.45, 7) is 0.147. The zero-order valence-electron chi connectivity index (χ0n) is 21.7. The number of carboxylic acid groups (broad SMARTS) is 2. The van der Waals surface area contributed by atoms with E-state index in [0.29, 0.717) is 12.0 Å². The largest absolute Gasteiger partial charge is 0.524 e. The number of rotatable bonds is 15. The Kier molecular flexibility index (Phi) is 11.8. The Labute approximate surface area is 233 Å². The van der Waals surface area contributed by atoms with Crippen molar-refractivity contribution < 1.29 is 57.9 Å². The number of nitrogens with one attached hydrogen (secondary N) is 2. The highest BCUT2D eigenvalue weighted by Crippen LogP contribution is 2.37. The van der Waals surface area contributed by atoms with Crippen molar-refractivity contribution in [3.8, 4) is 5.75 Å². The second kappa shape index (κ2) is 14.5. The van der Waals surface area contributed by atoms with E-state index in [0.717, 1.165) is 4.90 Å². The molecule has 41 heavy (non-hydrogen) atoms. The first-order chi connectivity index (χ1) is 19.1. The van der Waals surface area contributed by atoms with Gasteiger partial charge in [-0.15, -0.1) is 0 Å². The molecular formula is C23H32N5O12P. The number of benzene rings is 1. The van der Waals surface area contributed by atoms with Gasteiger partial charge in [0.05, 0.1) is 12.5 Å². The lowest BCUT2D eigenvalue weighted by molar-refractivity contribution is -0.143. The normalized spacial score (nSPS) is 17.1. The predicted octanol–water partition coefficient (Wildman–Crippen LogP) is -2.19. The van der Waals surface area contributed by atoms with Crippen molar-refractivity contribution in [1.82, 2.24) is 15.5 Å². The molecule has 0 aliphatic carbocycles. The molecular weight excluding hydrogens is 569 g/mol. The second-order valence-corrected chi connectivity index (χ2v) is 10.5. The van der Waals surface area contributed by atoms with E-state index in [1.165, 1.54) is 24.3 Å². The lowest BCUT2D eigenvalue weighted by Gasteiger charge is -2.28. The van der Waals surface area contributed by atoms with Crippen molar-refractivity contribution in [2.75, 3.05) is 6.54 Å². The molecule has 0 aromatic heterocycles. The SMILES string of the molecule is NC(=O)C[C@H](N)C(=O)N1CCC[C@H]1C(=O)N[C@@H](CCC(=O)O)C(=O)N[C@@H](Cc1ccc(OP(=O)(O)O)cc1)C(=O)O. The quantitative estimate of drug-likeness (QED) is 0.0993. The van der Waals surface area contributed by atoms with E-state index in [9.17, 15) is 38.4 Å². The van der Waals surface area contributed by atoms with Crippen LogP contribution >= 0.6 is 7.82 Å². The van der Waals surface area contributed by atoms with Gasteiger partial charge in [0.25, 0.3) is 0 Å². The van der Waals surface area contributed by atoms with Gasteiger partial charge in [0.15, 0.2) is 0 Å². The van der Waals surface area contributed by atoms with Crippen molar-refractivity contribution in [2.24, 2.45) is 11.5 Å². The summed E-state index contributed by atoms with van der Waals surface area (Å²) in [7, 11) is -4.80. The van der Waals surface area contributed by atoms with Crippen LogP contribution in [0.3, 0.4) is 0 Å². The van der Waals surface area contributed by atoms with Crippen LogP contribution in [0.25, 0.3) is 0 Å². The third-order valence-electron chi connectivity index (χ3n) is 6.06. The number of hydrogen-bond donors (Lipinski definition) is 8. The number of hydrogen-bond acceptors (Lipinski definition) is 9. The van der Waals surface area contributed by atoms with Crippen LogP contribution in [-0.4, -0.2) is 91.2 Å². The molecule has 10 N–H and O–H groups in total. The molecule has 1 fully saturated rings. The van der Waals surface area contributed by atoms with Crippen LogP contribution in [0.15, 0.2) is 24.3 Å². The molecule has 18 heteroatoms. The molecule has 1 aliphatic heterocycles. The first-order valence-electron chi connectivity index (χ1n) is 12.3. The number of likely N-dealkylation sites (tertiary alicyclic amines) is 1. The van der Waals surface area contributed by atoms with Crippen molar-refractivity contribution in [1.29, 1.82) is 0 Å². The Morgan fingerprint density at radius 1 is 1.05 bits per heavy atom. The number of carboxylic acids is 2. The lowest BCUT2D eigenvalue weighted by atomic mass is 10.0. The highest BCUT2D eigenvalue weighted by molar-refractivity contribution is 7.46. The summed E-state index contributed by atoms with van der Waals surface area (Å²) < 4.78 is 15.4. The maximum atomic E-state index is 13.1. The number of nitrogens with two attached hydrogens (primary N) is 2. The molecule has 226 valence electrons. The van der Waals surface area contributed by atoms with Crippen LogP contribution in [0.1, 0.15) is 37.7 Å². The number of phosphoric acid groups is 1. The van der Waals surface area contributed by atoms with Gasteiger partial charge in [-0.3, -0.25) is 33.8 Å². The van der Waals surface area contributed by atoms with Gasteiger partial charge in [0.1, 0.15) is 23.9 Å². The summed E-state index contributed by atoms with van der Waals surface area (Å²) in [6.07, 6.45) is -1.04. The summed E-state index contributed by atoms with van der Waals surface area (Å²) in [5, 5.41) is 23.4. The Hall–Kier alpha value is -4.05. The number of primary amides is 1. The van der Waals surface area contributed by atoms with Gasteiger partial charge in [-0.2, -0.15) is 0 Å². The molecule has 0 bridgehead atoms. The first kappa shape index (κ1) is 33.2. The van der Waals surface area contributed by atoms with Gasteiger partial charge in [-0.1, -0.05) is 12.1 Å². The standard InChI is InChI=1S/C23H32N5O12P/c24-14(11-18(25)29)22(34)28-9-1-2-17(28)21(33)26-15(7-8-19(30)31)20(32)27-16(23(35)36)10-12-3-5-13(6-4-12)40-41(37,38)39/h3-6,14-17H,1-2,7-11,24H2,(H2,25,29)(H,26,33)(H,27,32)(H,30,31)(H,35,36)(H2,37,38,39)/t14-,15-,16-,17-/m0/s1. The van der Waals surface area contributed by atoms with Gasteiger partial charge in [0.2, 0.25) is 23.6 Å². The summed E-state index contributed by atoms with van der Waals surface area (Å²) in [6, 6.07) is -0.319. The van der Waals surface area contributed by atoms with Crippen LogP contribution in [0.5, 0.6) is 5.75 Å². The number of nitrogens with zero attached hydrogens (tertiary/aromatic N) is 1. The number of carbonyl (C=O) groups excluding carboxylic acids is 4. The van der Waals surface area contributed by atoms with Crippen LogP contribution < -0.4 is 26.6 Å². The summed E-state index contributed by atoms with van der Waals surface area (Å²) in [5.74, 6) is -6.20. The minimum absolute atomic E-state index is 0.147. The third-order valence-corrected chi connectivity index (χ3v) is 6.51. The lowest BCUT2D eigenvalue weighted by Crippen LogP contribution is -2.57. The zero-order chi connectivity index (χ0) is 30.9. The average Bonchev–Trinajstić information content (AvgIpc) is 3.35. The Balaban J connectivity index is 2.14. The van der Waals surface area contributed by atoms with E-state index < -0.39 is 86.8 Å². The second-order valence-electron chi connectivity index (χ2n) is 9.29. The summed E-state index contributed by atoms with van der Waals surface area (Å²) >= 11 is 0. The smallest absolute Gasteiger partial charge is 0.481 e. The highest BCUT2D eigenvalue weighted by Gasteiger charge is 2.38. The fourth-order valence-electron chi connectivity index (χ4n) is 4.16. The van der Waals surface area contributed by atoms with Crippen LogP contribution in [-0.2, 0) is 39.8 Å². The van der Waals surface area contributed by atoms with Crippen LogP contribution in [0, 0.1) is 0 Å². The fraction of sp³-hybridized carbons (Fsp3) is 0.478. The summed E-state index contributed by atoms with van der Waals surface area (Å²) in [5.41, 5.74) is 11.1. The molecule has 0 saturated carbocycles. The maximum absolute atomic E-state index is 13.1. The molecule has 0 radical (unpaired) electrons. The molecule has 1 saturated heterocycles. The Morgan fingerprint density at radius 3 is 2.22 bits per heavy atom. The van der Waals surface area contributed by atoms with Gasteiger partial charge in [-0.25, -0.2) is 9.36 Å². The molecule has 1 aromatic rings. The number of carbonyl (C=O) groups is 6. The minimum atomic E-state index is -4.80. The first-order valence-corrected chi connectivity index (χ1v) is 13.8. The summed E-state index contributed by atoms with van der Waals surface area (Å²) in [4.78, 5) is 91.8. The zero-order valence-corrected chi connectivity index (χ0v) is 22.6. The molecule has 1 heterocycles. The molecule has 0 spiro atoms. The van der Waals surface area contributed by atoms with Crippen molar-refractivity contribution in [2.45, 2.75) is 62.7 Å². The minimum Gasteiger partial charge on any atom is -0.481 e. The van der Waals surface area contributed by atoms with E-state index in [2.05, 4.69) is 15.2 Å². The number of phosphoric ester groups is 1. The monoisotopic (exact) mass is 601 g/mol. The molecule has 2 rings (SSSR count). The van der Waals surface area contributed by atoms with Gasteiger partial charge in [0, 0.05) is 19.4 Å². The highest BCUT2D eigenvalue weighted by atomic mass is 31.2.